The maximum absolute atomic E-state index is 13.7. The Hall–Kier alpha value is -2.35. The van der Waals surface area contributed by atoms with Gasteiger partial charge in [0.05, 0.1) is 11.6 Å². The van der Waals surface area contributed by atoms with E-state index in [-0.39, 0.29) is 23.3 Å². The first-order chi connectivity index (χ1) is 9.63. The van der Waals surface area contributed by atoms with Crippen LogP contribution in [0, 0.1) is 17.1 Å². The molecule has 1 fully saturated rings. The minimum atomic E-state index is -0.534. The molecule has 0 N–H and O–H groups in total. The van der Waals surface area contributed by atoms with E-state index in [0.717, 1.165) is 6.07 Å². The molecule has 1 aliphatic rings. The fraction of sp³-hybridized carbons (Fsp3) is 0.333. The molecule has 1 aromatic carbocycles. The highest BCUT2D eigenvalue weighted by Gasteiger charge is 2.23. The lowest BCUT2D eigenvalue weighted by atomic mass is 10.1. The minimum Gasteiger partial charge on any atom is -0.487 e. The molecule has 0 atom stereocenters. The number of piperidine rings is 1. The van der Waals surface area contributed by atoms with Crippen molar-refractivity contribution in [2.45, 2.75) is 18.9 Å². The Kier molecular flexibility index (Phi) is 4.36. The lowest BCUT2D eigenvalue weighted by molar-refractivity contribution is -0.127. The van der Waals surface area contributed by atoms with Gasteiger partial charge in [-0.25, -0.2) is 4.39 Å². The average molecular weight is 274 g/mol. The summed E-state index contributed by atoms with van der Waals surface area (Å²) in [6, 6.07) is 6.02. The van der Waals surface area contributed by atoms with Crippen molar-refractivity contribution >= 4 is 5.91 Å². The molecule has 1 heterocycles. The molecule has 0 unspecified atom stereocenters. The third kappa shape index (κ3) is 3.15. The number of amides is 1. The van der Waals surface area contributed by atoms with Gasteiger partial charge in [-0.3, -0.25) is 4.79 Å². The number of nitriles is 1. The summed E-state index contributed by atoms with van der Waals surface area (Å²) in [6.07, 6.45) is 2.48. The van der Waals surface area contributed by atoms with Gasteiger partial charge in [-0.1, -0.05) is 6.58 Å². The first-order valence-electron chi connectivity index (χ1n) is 6.41. The van der Waals surface area contributed by atoms with Gasteiger partial charge in [-0.2, -0.15) is 5.26 Å². The highest BCUT2D eigenvalue weighted by molar-refractivity contribution is 5.87. The lowest BCUT2D eigenvalue weighted by Crippen LogP contribution is -2.41. The van der Waals surface area contributed by atoms with E-state index < -0.39 is 5.82 Å². The predicted octanol–water partition coefficient (Wildman–Crippen LogP) is 2.25. The van der Waals surface area contributed by atoms with Crippen LogP contribution in [-0.4, -0.2) is 30.0 Å². The molecule has 4 nitrogen and oxygen atoms in total. The second-order valence-electron chi connectivity index (χ2n) is 4.60. The number of carbonyl (C=O) groups is 1. The summed E-state index contributed by atoms with van der Waals surface area (Å²) in [5, 5.41) is 8.68. The van der Waals surface area contributed by atoms with Crippen molar-refractivity contribution in [3.8, 4) is 11.8 Å². The van der Waals surface area contributed by atoms with E-state index in [1.54, 1.807) is 4.90 Å². The Morgan fingerprint density at radius 3 is 2.75 bits per heavy atom. The summed E-state index contributed by atoms with van der Waals surface area (Å²) in [6.45, 7) is 4.61. The van der Waals surface area contributed by atoms with Crippen LogP contribution >= 0.6 is 0 Å². The summed E-state index contributed by atoms with van der Waals surface area (Å²) in [4.78, 5) is 13.1. The van der Waals surface area contributed by atoms with Crippen molar-refractivity contribution in [3.63, 3.8) is 0 Å². The number of nitrogens with zero attached hydrogens (tertiary/aromatic N) is 2. The number of hydrogen-bond acceptors (Lipinski definition) is 3. The Morgan fingerprint density at radius 1 is 1.50 bits per heavy atom. The molecule has 104 valence electrons. The van der Waals surface area contributed by atoms with E-state index in [0.29, 0.717) is 25.9 Å². The number of rotatable bonds is 3. The zero-order valence-electron chi connectivity index (χ0n) is 11.0. The average Bonchev–Trinajstić information content (AvgIpc) is 2.49. The topological polar surface area (TPSA) is 53.3 Å². The molecule has 2 rings (SSSR count). The van der Waals surface area contributed by atoms with E-state index in [4.69, 9.17) is 10.00 Å². The summed E-state index contributed by atoms with van der Waals surface area (Å²) < 4.78 is 19.3. The van der Waals surface area contributed by atoms with Crippen LogP contribution in [-0.2, 0) is 4.79 Å². The molecule has 1 saturated heterocycles. The Morgan fingerprint density at radius 2 is 2.20 bits per heavy atom. The van der Waals surface area contributed by atoms with Gasteiger partial charge in [0.1, 0.15) is 6.10 Å². The molecular formula is C15H15FN2O2. The van der Waals surface area contributed by atoms with Crippen LogP contribution in [0.4, 0.5) is 4.39 Å². The first kappa shape index (κ1) is 14.1. The van der Waals surface area contributed by atoms with Crippen LogP contribution in [0.2, 0.25) is 0 Å². The van der Waals surface area contributed by atoms with Crippen LogP contribution in [0.15, 0.2) is 30.9 Å². The number of likely N-dealkylation sites (tertiary alicyclic amines) is 1. The van der Waals surface area contributed by atoms with E-state index in [1.807, 2.05) is 6.07 Å². The zero-order valence-corrected chi connectivity index (χ0v) is 11.0. The third-order valence-electron chi connectivity index (χ3n) is 3.28. The highest BCUT2D eigenvalue weighted by atomic mass is 19.1. The predicted molar refractivity (Wildman–Crippen MR) is 71.5 cm³/mol. The molecule has 5 heteroatoms. The summed E-state index contributed by atoms with van der Waals surface area (Å²) in [7, 11) is 0. The molecule has 0 bridgehead atoms. The van der Waals surface area contributed by atoms with Crippen LogP contribution in [0.5, 0.6) is 5.75 Å². The molecule has 1 aromatic rings. The van der Waals surface area contributed by atoms with E-state index in [9.17, 15) is 9.18 Å². The molecule has 0 radical (unpaired) electrons. The molecule has 0 saturated carbocycles. The van der Waals surface area contributed by atoms with Gasteiger partial charge in [0.2, 0.25) is 5.91 Å². The molecule has 1 amide bonds. The second kappa shape index (κ2) is 6.20. The molecule has 0 aliphatic carbocycles. The summed E-state index contributed by atoms with van der Waals surface area (Å²) in [5.41, 5.74) is 0.265. The number of hydrogen-bond donors (Lipinski definition) is 0. The fourth-order valence-corrected chi connectivity index (χ4v) is 2.17. The fourth-order valence-electron chi connectivity index (χ4n) is 2.17. The number of halogens is 1. The molecular weight excluding hydrogens is 259 g/mol. The largest absolute Gasteiger partial charge is 0.487 e. The SMILES string of the molecule is C=CC(=O)N1CCC(Oc2ccc(C#N)cc2F)CC1. The maximum atomic E-state index is 13.7. The lowest BCUT2D eigenvalue weighted by Gasteiger charge is -2.31. The quantitative estimate of drug-likeness (QED) is 0.794. The van der Waals surface area contributed by atoms with Crippen LogP contribution in [0.25, 0.3) is 0 Å². The van der Waals surface area contributed by atoms with Crippen LogP contribution in [0.3, 0.4) is 0 Å². The van der Waals surface area contributed by atoms with Gasteiger partial charge in [-0.05, 0) is 24.3 Å². The molecule has 20 heavy (non-hydrogen) atoms. The van der Waals surface area contributed by atoms with Crippen LogP contribution < -0.4 is 4.74 Å². The van der Waals surface area contributed by atoms with E-state index in [2.05, 4.69) is 6.58 Å². The summed E-state index contributed by atoms with van der Waals surface area (Å²) in [5.74, 6) is -0.473. The standard InChI is InChI=1S/C15H15FN2O2/c1-2-15(19)18-7-5-12(6-8-18)20-14-4-3-11(10-17)9-13(14)16/h2-4,9,12H,1,5-8H2. The second-order valence-corrected chi connectivity index (χ2v) is 4.60. The van der Waals surface area contributed by atoms with E-state index >= 15 is 0 Å². The molecule has 1 aliphatic heterocycles. The van der Waals surface area contributed by atoms with Crippen LogP contribution in [0.1, 0.15) is 18.4 Å². The van der Waals surface area contributed by atoms with Crippen molar-refractivity contribution in [2.75, 3.05) is 13.1 Å². The normalized spacial score (nSPS) is 15.5. The van der Waals surface area contributed by atoms with E-state index in [1.165, 1.54) is 18.2 Å². The Bertz CT molecular complexity index is 557. The molecule has 0 aromatic heterocycles. The van der Waals surface area contributed by atoms with Gasteiger partial charge >= 0.3 is 0 Å². The van der Waals surface area contributed by atoms with Gasteiger partial charge in [0, 0.05) is 25.9 Å². The van der Waals surface area contributed by atoms with Crippen molar-refractivity contribution in [1.29, 1.82) is 5.26 Å². The third-order valence-corrected chi connectivity index (χ3v) is 3.28. The van der Waals surface area contributed by atoms with Crippen molar-refractivity contribution in [2.24, 2.45) is 0 Å². The monoisotopic (exact) mass is 274 g/mol. The first-order valence-corrected chi connectivity index (χ1v) is 6.41. The Labute approximate surface area is 117 Å². The Balaban J connectivity index is 1.94. The highest BCUT2D eigenvalue weighted by Crippen LogP contribution is 2.23. The van der Waals surface area contributed by atoms with Crippen molar-refractivity contribution < 1.29 is 13.9 Å². The van der Waals surface area contributed by atoms with Gasteiger partial charge in [-0.15, -0.1) is 0 Å². The maximum Gasteiger partial charge on any atom is 0.245 e. The smallest absolute Gasteiger partial charge is 0.245 e. The van der Waals surface area contributed by atoms with Gasteiger partial charge in [0.15, 0.2) is 11.6 Å². The van der Waals surface area contributed by atoms with Gasteiger partial charge in [0.25, 0.3) is 0 Å². The number of ether oxygens (including phenoxy) is 1. The zero-order chi connectivity index (χ0) is 14.5. The van der Waals surface area contributed by atoms with Gasteiger partial charge < -0.3 is 9.64 Å². The van der Waals surface area contributed by atoms with Crippen molar-refractivity contribution in [3.05, 3.63) is 42.2 Å². The molecule has 0 spiro atoms. The number of carbonyl (C=O) groups excluding carboxylic acids is 1. The number of benzene rings is 1. The minimum absolute atomic E-state index is 0.0898. The summed E-state index contributed by atoms with van der Waals surface area (Å²) >= 11 is 0. The van der Waals surface area contributed by atoms with Crippen molar-refractivity contribution in [1.82, 2.24) is 4.90 Å².